The lowest BCUT2D eigenvalue weighted by Crippen LogP contribution is -2.39. The molecule has 106 valence electrons. The first-order valence-electron chi connectivity index (χ1n) is 6.87. The molecule has 4 rings (SSSR count). The van der Waals surface area contributed by atoms with Crippen LogP contribution >= 0.6 is 0 Å². The number of tetrazole rings is 1. The van der Waals surface area contributed by atoms with Gasteiger partial charge in [0.15, 0.2) is 0 Å². The number of hydrogen-bond donors (Lipinski definition) is 0. The first-order chi connectivity index (χ1) is 10.2. The highest BCUT2D eigenvalue weighted by atomic mass is 19.1. The van der Waals surface area contributed by atoms with E-state index in [0.29, 0.717) is 12.4 Å². The molecule has 0 bridgehead atoms. The molecule has 1 aromatic carbocycles. The van der Waals surface area contributed by atoms with Crippen LogP contribution in [0.4, 0.5) is 10.3 Å². The van der Waals surface area contributed by atoms with Crippen LogP contribution in [0.5, 0.6) is 0 Å². The average Bonchev–Trinajstić information content (AvgIpc) is 2.94. The zero-order valence-electron chi connectivity index (χ0n) is 11.1. The number of aliphatic imine (C=N–C) groups is 1. The van der Waals surface area contributed by atoms with E-state index in [2.05, 4.69) is 20.5 Å². The molecular weight excluding hydrogens is 273 g/mol. The Morgan fingerprint density at radius 1 is 1.19 bits per heavy atom. The first-order valence-corrected chi connectivity index (χ1v) is 6.87. The second kappa shape index (κ2) is 4.54. The summed E-state index contributed by atoms with van der Waals surface area (Å²) in [7, 11) is 0. The van der Waals surface area contributed by atoms with Gasteiger partial charge in [0.05, 0.1) is 12.0 Å². The SMILES string of the molecule is O=C1CCCC2=Nc3nnnn3C(c3ccc(F)cc3)C12. The number of rotatable bonds is 1. The monoisotopic (exact) mass is 285 g/mol. The van der Waals surface area contributed by atoms with Gasteiger partial charge < -0.3 is 0 Å². The molecular formula is C14H12FN5O. The van der Waals surface area contributed by atoms with Crippen LogP contribution < -0.4 is 0 Å². The van der Waals surface area contributed by atoms with Gasteiger partial charge in [0.25, 0.3) is 5.95 Å². The van der Waals surface area contributed by atoms with Crippen LogP contribution in [0.1, 0.15) is 30.9 Å². The number of halogens is 1. The van der Waals surface area contributed by atoms with E-state index in [-0.39, 0.29) is 23.6 Å². The van der Waals surface area contributed by atoms with Crippen LogP contribution in [0, 0.1) is 11.7 Å². The second-order valence-electron chi connectivity index (χ2n) is 5.32. The van der Waals surface area contributed by atoms with Crippen molar-refractivity contribution in [2.24, 2.45) is 10.9 Å². The Bertz CT molecular complexity index is 736. The predicted octanol–water partition coefficient (Wildman–Crippen LogP) is 1.86. The maximum atomic E-state index is 13.2. The standard InChI is InChI=1S/C14H12FN5O/c15-9-6-4-8(5-7-9)13-12-10(2-1-3-11(12)21)16-14-17-18-19-20(13)14/h4-7,12-13H,1-3H2. The van der Waals surface area contributed by atoms with Crippen LogP contribution in [-0.4, -0.2) is 31.7 Å². The fourth-order valence-electron chi connectivity index (χ4n) is 3.13. The number of Topliss-reactive ketones (excluding diaryl/α,β-unsaturated/α-hetero) is 1. The Hall–Kier alpha value is -2.44. The van der Waals surface area contributed by atoms with Crippen molar-refractivity contribution < 1.29 is 9.18 Å². The second-order valence-corrected chi connectivity index (χ2v) is 5.32. The molecule has 0 spiro atoms. The summed E-state index contributed by atoms with van der Waals surface area (Å²) in [5, 5.41) is 11.5. The average molecular weight is 285 g/mol. The summed E-state index contributed by atoms with van der Waals surface area (Å²) < 4.78 is 14.7. The molecule has 1 aromatic heterocycles. The van der Waals surface area contributed by atoms with Gasteiger partial charge in [0.2, 0.25) is 0 Å². The van der Waals surface area contributed by atoms with E-state index in [4.69, 9.17) is 0 Å². The summed E-state index contributed by atoms with van der Waals surface area (Å²) in [4.78, 5) is 16.8. The quantitative estimate of drug-likeness (QED) is 0.801. The lowest BCUT2D eigenvalue weighted by atomic mass is 9.78. The topological polar surface area (TPSA) is 73.0 Å². The van der Waals surface area contributed by atoms with Crippen molar-refractivity contribution in [3.8, 4) is 0 Å². The fraction of sp³-hybridized carbons (Fsp3) is 0.357. The van der Waals surface area contributed by atoms with Crippen molar-refractivity contribution in [2.75, 3.05) is 0 Å². The Balaban J connectivity index is 1.88. The first kappa shape index (κ1) is 12.3. The van der Waals surface area contributed by atoms with Crippen molar-refractivity contribution in [3.05, 3.63) is 35.6 Å². The molecule has 6 nitrogen and oxygen atoms in total. The molecule has 2 atom stereocenters. The molecule has 0 N–H and O–H groups in total. The van der Waals surface area contributed by atoms with E-state index in [9.17, 15) is 9.18 Å². The van der Waals surface area contributed by atoms with Gasteiger partial charge in [-0.15, -0.1) is 0 Å². The number of hydrogen-bond acceptors (Lipinski definition) is 5. The van der Waals surface area contributed by atoms with Crippen LogP contribution in [0.3, 0.4) is 0 Å². The number of nitrogens with zero attached hydrogens (tertiary/aromatic N) is 5. The highest BCUT2D eigenvalue weighted by Gasteiger charge is 2.41. The molecule has 21 heavy (non-hydrogen) atoms. The zero-order chi connectivity index (χ0) is 14.4. The number of carbonyl (C=O) groups is 1. The molecule has 2 heterocycles. The van der Waals surface area contributed by atoms with Crippen LogP contribution in [-0.2, 0) is 4.79 Å². The minimum absolute atomic E-state index is 0.149. The number of ketones is 1. The largest absolute Gasteiger partial charge is 0.299 e. The molecule has 1 saturated carbocycles. The predicted molar refractivity (Wildman–Crippen MR) is 71.8 cm³/mol. The van der Waals surface area contributed by atoms with Gasteiger partial charge in [-0.3, -0.25) is 4.79 Å². The van der Waals surface area contributed by atoms with E-state index in [1.165, 1.54) is 12.1 Å². The minimum Gasteiger partial charge on any atom is -0.299 e. The van der Waals surface area contributed by atoms with Crippen molar-refractivity contribution in [1.82, 2.24) is 20.2 Å². The lowest BCUT2D eigenvalue weighted by molar-refractivity contribution is -0.122. The smallest absolute Gasteiger partial charge is 0.269 e. The van der Waals surface area contributed by atoms with E-state index in [0.717, 1.165) is 24.1 Å². The van der Waals surface area contributed by atoms with Gasteiger partial charge in [-0.1, -0.05) is 17.2 Å². The molecule has 2 unspecified atom stereocenters. The highest BCUT2D eigenvalue weighted by molar-refractivity contribution is 6.09. The van der Waals surface area contributed by atoms with Gasteiger partial charge in [-0.25, -0.2) is 14.1 Å². The van der Waals surface area contributed by atoms with E-state index in [1.54, 1.807) is 16.8 Å². The van der Waals surface area contributed by atoms with Gasteiger partial charge in [-0.2, -0.15) is 0 Å². The maximum absolute atomic E-state index is 13.2. The molecule has 0 radical (unpaired) electrons. The number of benzene rings is 1. The molecule has 2 aromatic rings. The van der Waals surface area contributed by atoms with Crippen molar-refractivity contribution in [3.63, 3.8) is 0 Å². The normalized spacial score (nSPS) is 24.2. The highest BCUT2D eigenvalue weighted by Crippen LogP contribution is 2.39. The van der Waals surface area contributed by atoms with Gasteiger partial charge >= 0.3 is 0 Å². The number of aromatic nitrogens is 4. The van der Waals surface area contributed by atoms with Gasteiger partial charge in [0, 0.05) is 12.1 Å². The summed E-state index contributed by atoms with van der Waals surface area (Å²) in [6, 6.07) is 5.79. The lowest BCUT2D eigenvalue weighted by Gasteiger charge is -2.33. The molecule has 1 fully saturated rings. The number of carbonyl (C=O) groups excluding carboxylic acids is 1. The van der Waals surface area contributed by atoms with E-state index < -0.39 is 0 Å². The Morgan fingerprint density at radius 2 is 2.00 bits per heavy atom. The summed E-state index contributed by atoms with van der Waals surface area (Å²) in [5.74, 6) is -0.101. The van der Waals surface area contributed by atoms with E-state index >= 15 is 0 Å². The summed E-state index contributed by atoms with van der Waals surface area (Å²) in [5.41, 5.74) is 1.65. The molecule has 0 amide bonds. The maximum Gasteiger partial charge on any atom is 0.269 e. The Labute approximate surface area is 119 Å². The third-order valence-corrected chi connectivity index (χ3v) is 4.07. The zero-order valence-corrected chi connectivity index (χ0v) is 11.1. The van der Waals surface area contributed by atoms with Crippen LogP contribution in [0.25, 0.3) is 0 Å². The molecule has 7 heteroatoms. The molecule has 2 aliphatic rings. The van der Waals surface area contributed by atoms with E-state index in [1.807, 2.05) is 0 Å². The van der Waals surface area contributed by atoms with Crippen molar-refractivity contribution in [1.29, 1.82) is 0 Å². The number of fused-ring (bicyclic) bond motifs is 2. The van der Waals surface area contributed by atoms with Crippen LogP contribution in [0.15, 0.2) is 29.3 Å². The van der Waals surface area contributed by atoms with Crippen LogP contribution in [0.2, 0.25) is 0 Å². The van der Waals surface area contributed by atoms with Gasteiger partial charge in [-0.05, 0) is 41.0 Å². The summed E-state index contributed by atoms with van der Waals surface area (Å²) in [6.45, 7) is 0. The van der Waals surface area contributed by atoms with Crippen molar-refractivity contribution in [2.45, 2.75) is 25.3 Å². The summed E-state index contributed by atoms with van der Waals surface area (Å²) in [6.07, 6.45) is 2.13. The Morgan fingerprint density at radius 3 is 2.81 bits per heavy atom. The molecule has 1 aliphatic heterocycles. The molecule has 0 saturated heterocycles. The molecule has 1 aliphatic carbocycles. The third kappa shape index (κ3) is 1.88. The minimum atomic E-state index is -0.347. The van der Waals surface area contributed by atoms with Crippen molar-refractivity contribution >= 4 is 17.4 Å². The summed E-state index contributed by atoms with van der Waals surface area (Å²) >= 11 is 0. The fourth-order valence-corrected chi connectivity index (χ4v) is 3.13. The Kier molecular flexibility index (Phi) is 2.66. The van der Waals surface area contributed by atoms with Gasteiger partial charge in [0.1, 0.15) is 11.6 Å². The third-order valence-electron chi connectivity index (χ3n) is 4.07.